The molecule has 2 fully saturated rings. The summed E-state index contributed by atoms with van der Waals surface area (Å²) in [5, 5.41) is 6.31. The van der Waals surface area contributed by atoms with Gasteiger partial charge in [-0.2, -0.15) is 0 Å². The fourth-order valence-corrected chi connectivity index (χ4v) is 3.46. The van der Waals surface area contributed by atoms with Gasteiger partial charge in [0.1, 0.15) is 0 Å². The molecule has 0 aromatic heterocycles. The normalized spacial score (nSPS) is 21.6. The highest BCUT2D eigenvalue weighted by atomic mass is 16.1. The molecular weight excluding hydrogens is 298 g/mol. The summed E-state index contributed by atoms with van der Waals surface area (Å²) >= 11 is 0. The van der Waals surface area contributed by atoms with E-state index >= 15 is 0 Å². The van der Waals surface area contributed by atoms with Crippen LogP contribution in [0.25, 0.3) is 0 Å². The Labute approximate surface area is 146 Å². The molecule has 1 aromatic carbocycles. The van der Waals surface area contributed by atoms with Crippen LogP contribution < -0.4 is 10.6 Å². The number of nitrogens with zero attached hydrogens (tertiary/aromatic N) is 1. The van der Waals surface area contributed by atoms with Crippen LogP contribution in [0.3, 0.4) is 0 Å². The van der Waals surface area contributed by atoms with Crippen molar-refractivity contribution in [3.05, 3.63) is 35.4 Å². The smallest absolute Gasteiger partial charge is 0.234 e. The van der Waals surface area contributed by atoms with Gasteiger partial charge in [0.25, 0.3) is 0 Å². The summed E-state index contributed by atoms with van der Waals surface area (Å²) in [5.41, 5.74) is 2.59. The third-order valence-corrected chi connectivity index (χ3v) is 5.32. The van der Waals surface area contributed by atoms with E-state index < -0.39 is 0 Å². The molecule has 2 N–H and O–H groups in total. The highest BCUT2D eigenvalue weighted by Gasteiger charge is 2.21. The monoisotopic (exact) mass is 329 g/mol. The molecule has 0 bridgehead atoms. The molecule has 24 heavy (non-hydrogen) atoms. The van der Waals surface area contributed by atoms with Crippen LogP contribution >= 0.6 is 0 Å². The van der Waals surface area contributed by atoms with Crippen molar-refractivity contribution in [3.63, 3.8) is 0 Å². The molecule has 1 atom stereocenters. The van der Waals surface area contributed by atoms with Crippen LogP contribution in [0.5, 0.6) is 0 Å². The summed E-state index contributed by atoms with van der Waals surface area (Å²) < 4.78 is 0. The van der Waals surface area contributed by atoms with Crippen LogP contribution in [0.4, 0.5) is 0 Å². The van der Waals surface area contributed by atoms with Crippen molar-refractivity contribution in [1.29, 1.82) is 0 Å². The maximum Gasteiger partial charge on any atom is 0.234 e. The average Bonchev–Trinajstić information content (AvgIpc) is 3.40. The predicted molar refractivity (Wildman–Crippen MR) is 97.6 cm³/mol. The SMILES string of the molecule is CC1CCCCN1Cc1ccccc1CNC(=O)CNCC1CC1. The number of hydrogen-bond donors (Lipinski definition) is 2. The first-order valence-corrected chi connectivity index (χ1v) is 9.50. The standard InChI is InChI=1S/C20H31N3O/c1-16-6-4-5-11-23(16)15-19-8-3-2-7-18(19)13-22-20(24)14-21-12-17-9-10-17/h2-3,7-8,16-17,21H,4-6,9-15H2,1H3,(H,22,24). The van der Waals surface area contributed by atoms with Gasteiger partial charge in [0.2, 0.25) is 5.91 Å². The third kappa shape index (κ3) is 5.32. The number of carbonyl (C=O) groups excluding carboxylic acids is 1. The van der Waals surface area contributed by atoms with Gasteiger partial charge in [0.05, 0.1) is 6.54 Å². The van der Waals surface area contributed by atoms with Crippen LogP contribution in [0.2, 0.25) is 0 Å². The largest absolute Gasteiger partial charge is 0.351 e. The van der Waals surface area contributed by atoms with Gasteiger partial charge < -0.3 is 10.6 Å². The van der Waals surface area contributed by atoms with Crippen LogP contribution in [-0.4, -0.2) is 36.5 Å². The Kier molecular flexibility index (Phi) is 6.27. The number of piperidine rings is 1. The fourth-order valence-electron chi connectivity index (χ4n) is 3.46. The Balaban J connectivity index is 1.48. The number of nitrogens with one attached hydrogen (secondary N) is 2. The predicted octanol–water partition coefficient (Wildman–Crippen LogP) is 2.68. The summed E-state index contributed by atoms with van der Waals surface area (Å²) in [6, 6.07) is 9.17. The fraction of sp³-hybridized carbons (Fsp3) is 0.650. The van der Waals surface area contributed by atoms with Gasteiger partial charge in [-0.05, 0) is 62.7 Å². The minimum absolute atomic E-state index is 0.0943. The highest BCUT2D eigenvalue weighted by Crippen LogP contribution is 2.27. The van der Waals surface area contributed by atoms with Crippen LogP contribution in [-0.2, 0) is 17.9 Å². The molecule has 1 aliphatic carbocycles. The molecule has 0 spiro atoms. The van der Waals surface area contributed by atoms with E-state index in [1.807, 2.05) is 0 Å². The first kappa shape index (κ1) is 17.4. The minimum atomic E-state index is 0.0943. The molecule has 1 heterocycles. The zero-order chi connectivity index (χ0) is 16.8. The molecule has 0 radical (unpaired) electrons. The number of carbonyl (C=O) groups is 1. The Hall–Kier alpha value is -1.39. The quantitative estimate of drug-likeness (QED) is 0.771. The van der Waals surface area contributed by atoms with Crippen LogP contribution in [0.1, 0.15) is 50.2 Å². The maximum atomic E-state index is 12.0. The number of benzene rings is 1. The van der Waals surface area contributed by atoms with Gasteiger partial charge in [-0.1, -0.05) is 30.7 Å². The van der Waals surface area contributed by atoms with Crippen LogP contribution in [0.15, 0.2) is 24.3 Å². The van der Waals surface area contributed by atoms with Gasteiger partial charge in [-0.3, -0.25) is 9.69 Å². The van der Waals surface area contributed by atoms with Gasteiger partial charge in [-0.25, -0.2) is 0 Å². The molecule has 1 saturated carbocycles. The highest BCUT2D eigenvalue weighted by molar-refractivity contribution is 5.78. The molecule has 132 valence electrons. The second-order valence-electron chi connectivity index (χ2n) is 7.43. The van der Waals surface area contributed by atoms with E-state index in [0.717, 1.165) is 19.0 Å². The van der Waals surface area contributed by atoms with Crippen molar-refractivity contribution in [2.24, 2.45) is 5.92 Å². The number of amides is 1. The van der Waals surface area contributed by atoms with Gasteiger partial charge in [-0.15, -0.1) is 0 Å². The second-order valence-corrected chi connectivity index (χ2v) is 7.43. The lowest BCUT2D eigenvalue weighted by atomic mass is 10.0. The molecule has 1 aromatic rings. The Morgan fingerprint density at radius 3 is 2.71 bits per heavy atom. The molecule has 1 saturated heterocycles. The summed E-state index contributed by atoms with van der Waals surface area (Å²) in [6.45, 7) is 6.55. The van der Waals surface area contributed by atoms with E-state index in [9.17, 15) is 4.79 Å². The summed E-state index contributed by atoms with van der Waals surface area (Å²) in [7, 11) is 0. The first-order chi connectivity index (χ1) is 11.7. The van der Waals surface area contributed by atoms with Crippen LogP contribution in [0, 0.1) is 5.92 Å². The zero-order valence-electron chi connectivity index (χ0n) is 14.9. The van der Waals surface area contributed by atoms with Crippen molar-refractivity contribution < 1.29 is 4.79 Å². The van der Waals surface area contributed by atoms with Crippen molar-refractivity contribution in [2.75, 3.05) is 19.6 Å². The van der Waals surface area contributed by atoms with E-state index in [1.165, 1.54) is 49.8 Å². The second kappa shape index (κ2) is 8.63. The lowest BCUT2D eigenvalue weighted by molar-refractivity contribution is -0.120. The summed E-state index contributed by atoms with van der Waals surface area (Å²) in [4.78, 5) is 14.6. The number of hydrogen-bond acceptors (Lipinski definition) is 3. The van der Waals surface area contributed by atoms with E-state index in [0.29, 0.717) is 19.1 Å². The molecule has 1 unspecified atom stereocenters. The summed E-state index contributed by atoms with van der Waals surface area (Å²) in [5.74, 6) is 0.904. The number of rotatable bonds is 8. The van der Waals surface area contributed by atoms with Crippen molar-refractivity contribution >= 4 is 5.91 Å². The van der Waals surface area contributed by atoms with E-state index in [1.54, 1.807) is 0 Å². The van der Waals surface area contributed by atoms with Gasteiger partial charge in [0.15, 0.2) is 0 Å². The minimum Gasteiger partial charge on any atom is -0.351 e. The van der Waals surface area contributed by atoms with E-state index in [4.69, 9.17) is 0 Å². The van der Waals surface area contributed by atoms with Gasteiger partial charge >= 0.3 is 0 Å². The van der Waals surface area contributed by atoms with E-state index in [2.05, 4.69) is 46.7 Å². The van der Waals surface area contributed by atoms with Crippen molar-refractivity contribution in [2.45, 2.75) is 58.2 Å². The van der Waals surface area contributed by atoms with Gasteiger partial charge in [0, 0.05) is 19.1 Å². The molecule has 3 rings (SSSR count). The number of likely N-dealkylation sites (tertiary alicyclic amines) is 1. The molecule has 2 aliphatic rings. The maximum absolute atomic E-state index is 12.0. The zero-order valence-corrected chi connectivity index (χ0v) is 14.9. The Bertz CT molecular complexity index is 541. The summed E-state index contributed by atoms with van der Waals surface area (Å²) in [6.07, 6.45) is 6.58. The molecule has 4 nitrogen and oxygen atoms in total. The van der Waals surface area contributed by atoms with E-state index in [-0.39, 0.29) is 5.91 Å². The topological polar surface area (TPSA) is 44.4 Å². The molecule has 1 aliphatic heterocycles. The van der Waals surface area contributed by atoms with Crippen molar-refractivity contribution in [3.8, 4) is 0 Å². The lowest BCUT2D eigenvalue weighted by Gasteiger charge is -2.33. The molecule has 1 amide bonds. The first-order valence-electron chi connectivity index (χ1n) is 9.50. The van der Waals surface area contributed by atoms with Crippen molar-refractivity contribution in [1.82, 2.24) is 15.5 Å². The lowest BCUT2D eigenvalue weighted by Crippen LogP contribution is -2.37. The Morgan fingerprint density at radius 1 is 1.17 bits per heavy atom. The third-order valence-electron chi connectivity index (χ3n) is 5.32. The molecule has 4 heteroatoms. The Morgan fingerprint density at radius 2 is 1.96 bits per heavy atom. The molecular formula is C20H31N3O. The average molecular weight is 329 g/mol.